The van der Waals surface area contributed by atoms with Crippen molar-refractivity contribution in [2.45, 2.75) is 20.3 Å². The van der Waals surface area contributed by atoms with Crippen LogP contribution >= 0.6 is 0 Å². The minimum Gasteiger partial charge on any atom is -0.496 e. The molecule has 6 heteroatoms. The topological polar surface area (TPSA) is 76.1 Å². The highest BCUT2D eigenvalue weighted by atomic mass is 16.5. The van der Waals surface area contributed by atoms with E-state index in [9.17, 15) is 4.79 Å². The van der Waals surface area contributed by atoms with Gasteiger partial charge in [-0.2, -0.15) is 0 Å². The number of nitrogens with one attached hydrogen (secondary N) is 2. The van der Waals surface area contributed by atoms with Crippen LogP contribution in [0.4, 0.5) is 5.82 Å². The maximum Gasteiger partial charge on any atom is 0.271 e. The Morgan fingerprint density at radius 2 is 2.00 bits per heavy atom. The Labute approximate surface area is 142 Å². The average Bonchev–Trinajstić information content (AvgIpc) is 2.60. The predicted molar refractivity (Wildman–Crippen MR) is 94.4 cm³/mol. The Balaban J connectivity index is 1.84. The van der Waals surface area contributed by atoms with Crippen LogP contribution in [0, 0.1) is 5.92 Å². The molecule has 1 heterocycles. The summed E-state index contributed by atoms with van der Waals surface area (Å²) in [5.74, 6) is 1.79. The number of benzene rings is 1. The zero-order valence-electron chi connectivity index (χ0n) is 14.4. The zero-order valence-corrected chi connectivity index (χ0v) is 14.4. The molecule has 0 atom stereocenters. The molecule has 0 aliphatic carbocycles. The Bertz CT molecular complexity index is 656. The van der Waals surface area contributed by atoms with Crippen LogP contribution in [0.2, 0.25) is 0 Å². The molecule has 0 fully saturated rings. The van der Waals surface area contributed by atoms with Gasteiger partial charge in [0.1, 0.15) is 17.3 Å². The van der Waals surface area contributed by atoms with E-state index in [1.807, 2.05) is 24.3 Å². The van der Waals surface area contributed by atoms with Crippen LogP contribution in [0.1, 0.15) is 29.9 Å². The Hall–Kier alpha value is -2.63. The second kappa shape index (κ2) is 8.86. The fourth-order valence-electron chi connectivity index (χ4n) is 2.16. The number of ether oxygens (including phenoxy) is 1. The van der Waals surface area contributed by atoms with Crippen molar-refractivity contribution < 1.29 is 9.53 Å². The van der Waals surface area contributed by atoms with Crippen LogP contribution < -0.4 is 15.4 Å². The summed E-state index contributed by atoms with van der Waals surface area (Å²) in [5, 5.41) is 6.02. The molecular weight excluding hydrogens is 304 g/mol. The highest BCUT2D eigenvalue weighted by Crippen LogP contribution is 2.17. The second-order valence-corrected chi connectivity index (χ2v) is 5.88. The van der Waals surface area contributed by atoms with E-state index in [2.05, 4.69) is 34.4 Å². The molecule has 0 bridgehead atoms. The van der Waals surface area contributed by atoms with E-state index < -0.39 is 0 Å². The van der Waals surface area contributed by atoms with Crippen molar-refractivity contribution in [1.29, 1.82) is 0 Å². The van der Waals surface area contributed by atoms with Gasteiger partial charge in [0.15, 0.2) is 0 Å². The molecule has 1 aromatic carbocycles. The standard InChI is InChI=1S/C18H24N4O2/c1-13(2)10-21-17-12-20-15(11-22-17)18(23)19-9-8-14-6-4-5-7-16(14)24-3/h4-7,11-13H,8-10H2,1-3H3,(H,19,23)(H,21,22). The van der Waals surface area contributed by atoms with E-state index in [0.717, 1.165) is 17.9 Å². The fourth-order valence-corrected chi connectivity index (χ4v) is 2.16. The van der Waals surface area contributed by atoms with E-state index in [-0.39, 0.29) is 5.91 Å². The number of para-hydroxylation sites is 1. The first kappa shape index (κ1) is 17.7. The average molecular weight is 328 g/mol. The molecule has 0 aliphatic heterocycles. The minimum atomic E-state index is -0.229. The monoisotopic (exact) mass is 328 g/mol. The summed E-state index contributed by atoms with van der Waals surface area (Å²) in [6.45, 7) is 5.56. The molecule has 128 valence electrons. The normalized spacial score (nSPS) is 10.5. The van der Waals surface area contributed by atoms with Crippen LogP contribution in [-0.2, 0) is 6.42 Å². The summed E-state index contributed by atoms with van der Waals surface area (Å²) >= 11 is 0. The van der Waals surface area contributed by atoms with Gasteiger partial charge >= 0.3 is 0 Å². The van der Waals surface area contributed by atoms with Crippen LogP contribution in [0.5, 0.6) is 5.75 Å². The van der Waals surface area contributed by atoms with Gasteiger partial charge in [0.25, 0.3) is 5.91 Å². The minimum absolute atomic E-state index is 0.229. The van der Waals surface area contributed by atoms with Gasteiger partial charge in [-0.1, -0.05) is 32.0 Å². The molecule has 2 aromatic rings. The van der Waals surface area contributed by atoms with Crippen LogP contribution in [0.3, 0.4) is 0 Å². The molecule has 2 rings (SSSR count). The molecule has 0 unspecified atom stereocenters. The van der Waals surface area contributed by atoms with Gasteiger partial charge < -0.3 is 15.4 Å². The van der Waals surface area contributed by atoms with E-state index in [0.29, 0.717) is 30.4 Å². The van der Waals surface area contributed by atoms with Crippen molar-refractivity contribution in [3.05, 3.63) is 47.9 Å². The third kappa shape index (κ3) is 5.22. The van der Waals surface area contributed by atoms with Gasteiger partial charge in [-0.05, 0) is 24.0 Å². The lowest BCUT2D eigenvalue weighted by Gasteiger charge is -2.09. The number of amides is 1. The first-order valence-corrected chi connectivity index (χ1v) is 8.06. The smallest absolute Gasteiger partial charge is 0.271 e. The number of methoxy groups -OCH3 is 1. The maximum atomic E-state index is 12.1. The molecular formula is C18H24N4O2. The van der Waals surface area contributed by atoms with Crippen molar-refractivity contribution in [2.24, 2.45) is 5.92 Å². The molecule has 0 spiro atoms. The first-order chi connectivity index (χ1) is 11.6. The van der Waals surface area contributed by atoms with Crippen LogP contribution in [-0.4, -0.2) is 36.1 Å². The number of hydrogen-bond donors (Lipinski definition) is 2. The lowest BCUT2D eigenvalue weighted by atomic mass is 10.1. The van der Waals surface area contributed by atoms with Crippen molar-refractivity contribution in [3.63, 3.8) is 0 Å². The number of rotatable bonds is 8. The molecule has 0 radical (unpaired) electrons. The van der Waals surface area contributed by atoms with Gasteiger partial charge in [0.2, 0.25) is 0 Å². The maximum absolute atomic E-state index is 12.1. The number of carbonyl (C=O) groups is 1. The number of nitrogens with zero attached hydrogens (tertiary/aromatic N) is 2. The summed E-state index contributed by atoms with van der Waals surface area (Å²) in [5.41, 5.74) is 1.37. The molecule has 2 N–H and O–H groups in total. The molecule has 0 aliphatic rings. The molecule has 1 amide bonds. The molecule has 0 saturated carbocycles. The van der Waals surface area contributed by atoms with Gasteiger partial charge in [-0.15, -0.1) is 0 Å². The summed E-state index contributed by atoms with van der Waals surface area (Å²) < 4.78 is 5.30. The van der Waals surface area contributed by atoms with Gasteiger partial charge in [-0.25, -0.2) is 9.97 Å². The van der Waals surface area contributed by atoms with E-state index in [1.165, 1.54) is 6.20 Å². The Morgan fingerprint density at radius 1 is 1.21 bits per heavy atom. The molecule has 24 heavy (non-hydrogen) atoms. The quantitative estimate of drug-likeness (QED) is 0.779. The van der Waals surface area contributed by atoms with Gasteiger partial charge in [-0.3, -0.25) is 4.79 Å². The summed E-state index contributed by atoms with van der Waals surface area (Å²) in [6.07, 6.45) is 3.76. The number of hydrogen-bond acceptors (Lipinski definition) is 5. The van der Waals surface area contributed by atoms with E-state index in [1.54, 1.807) is 13.3 Å². The largest absolute Gasteiger partial charge is 0.496 e. The third-order valence-corrected chi connectivity index (χ3v) is 3.45. The first-order valence-electron chi connectivity index (χ1n) is 8.06. The van der Waals surface area contributed by atoms with Crippen LogP contribution in [0.15, 0.2) is 36.7 Å². The summed E-state index contributed by atoms with van der Waals surface area (Å²) in [4.78, 5) is 20.5. The fraction of sp³-hybridized carbons (Fsp3) is 0.389. The number of anilines is 1. The lowest BCUT2D eigenvalue weighted by Crippen LogP contribution is -2.26. The van der Waals surface area contributed by atoms with Gasteiger partial charge in [0, 0.05) is 13.1 Å². The second-order valence-electron chi connectivity index (χ2n) is 5.88. The Kier molecular flexibility index (Phi) is 6.54. The lowest BCUT2D eigenvalue weighted by molar-refractivity contribution is 0.0948. The van der Waals surface area contributed by atoms with E-state index in [4.69, 9.17) is 4.74 Å². The highest BCUT2D eigenvalue weighted by molar-refractivity contribution is 5.92. The molecule has 0 saturated heterocycles. The molecule has 1 aromatic heterocycles. The summed E-state index contributed by atoms with van der Waals surface area (Å²) in [7, 11) is 1.64. The van der Waals surface area contributed by atoms with Crippen molar-refractivity contribution in [3.8, 4) is 5.75 Å². The van der Waals surface area contributed by atoms with E-state index >= 15 is 0 Å². The van der Waals surface area contributed by atoms with Crippen molar-refractivity contribution in [1.82, 2.24) is 15.3 Å². The number of aromatic nitrogens is 2. The summed E-state index contributed by atoms with van der Waals surface area (Å²) in [6, 6.07) is 7.77. The van der Waals surface area contributed by atoms with Gasteiger partial charge in [0.05, 0.1) is 19.5 Å². The third-order valence-electron chi connectivity index (χ3n) is 3.45. The molecule has 6 nitrogen and oxygen atoms in total. The van der Waals surface area contributed by atoms with Crippen LogP contribution in [0.25, 0.3) is 0 Å². The SMILES string of the molecule is COc1ccccc1CCNC(=O)c1cnc(NCC(C)C)cn1. The van der Waals surface area contributed by atoms with Crippen molar-refractivity contribution in [2.75, 3.05) is 25.5 Å². The highest BCUT2D eigenvalue weighted by Gasteiger charge is 2.08. The zero-order chi connectivity index (χ0) is 17.4. The number of carbonyl (C=O) groups excluding carboxylic acids is 1. The van der Waals surface area contributed by atoms with Crippen molar-refractivity contribution >= 4 is 11.7 Å². The predicted octanol–water partition coefficient (Wildman–Crippen LogP) is 2.53. The Morgan fingerprint density at radius 3 is 2.67 bits per heavy atom.